The molecule has 0 saturated carbocycles. The van der Waals surface area contributed by atoms with Gasteiger partial charge in [-0.2, -0.15) is 0 Å². The highest BCUT2D eigenvalue weighted by Crippen LogP contribution is 2.33. The molecule has 0 unspecified atom stereocenters. The fourth-order valence-corrected chi connectivity index (χ4v) is 3.58. The summed E-state index contributed by atoms with van der Waals surface area (Å²) in [5, 5.41) is 5.61. The molecule has 2 heterocycles. The van der Waals surface area contributed by atoms with Crippen molar-refractivity contribution in [2.24, 2.45) is 5.92 Å². The number of carbonyl (C=O) groups excluding carboxylic acids is 3. The molecule has 2 aliphatic heterocycles. The number of hydrogen-bond acceptors (Lipinski definition) is 4. The first-order valence-corrected chi connectivity index (χ1v) is 9.76. The fraction of sp³-hybridized carbons (Fsp3) is 0.318. The minimum absolute atomic E-state index is 0.0607. The number of rotatable bonds is 4. The van der Waals surface area contributed by atoms with Crippen molar-refractivity contribution >= 4 is 34.8 Å². The molecule has 150 valence electrons. The minimum atomic E-state index is -0.551. The van der Waals surface area contributed by atoms with Crippen LogP contribution in [0.25, 0.3) is 0 Å². The molecule has 2 aromatic carbocycles. The third-order valence-electron chi connectivity index (χ3n) is 5.33. The van der Waals surface area contributed by atoms with Gasteiger partial charge < -0.3 is 20.3 Å². The van der Waals surface area contributed by atoms with Crippen LogP contribution in [0.4, 0.5) is 17.1 Å². The van der Waals surface area contributed by atoms with E-state index in [9.17, 15) is 14.4 Å². The first-order valence-electron chi connectivity index (χ1n) is 9.76. The van der Waals surface area contributed by atoms with E-state index in [2.05, 4.69) is 17.6 Å². The Kier molecular flexibility index (Phi) is 4.96. The predicted molar refractivity (Wildman–Crippen MR) is 110 cm³/mol. The molecule has 2 N–H and O–H groups in total. The lowest BCUT2D eigenvalue weighted by molar-refractivity contribution is -0.122. The number of carbonyl (C=O) groups is 3. The van der Waals surface area contributed by atoms with Crippen LogP contribution in [0.15, 0.2) is 42.5 Å². The molecule has 0 aromatic heterocycles. The van der Waals surface area contributed by atoms with Gasteiger partial charge in [-0.3, -0.25) is 14.4 Å². The molecular formula is C22H23N3O4. The maximum atomic E-state index is 12.7. The van der Waals surface area contributed by atoms with Crippen molar-refractivity contribution in [1.29, 1.82) is 0 Å². The minimum Gasteiger partial charge on any atom is -0.479 e. The number of fused-ring (bicyclic) bond motifs is 1. The number of aryl methyl sites for hydroxylation is 1. The van der Waals surface area contributed by atoms with Gasteiger partial charge in [-0.05, 0) is 49.2 Å². The Hall–Kier alpha value is -3.35. The van der Waals surface area contributed by atoms with E-state index in [1.165, 1.54) is 5.56 Å². The second-order valence-electron chi connectivity index (χ2n) is 7.37. The number of hydrogen-bond donors (Lipinski definition) is 2. The lowest BCUT2D eigenvalue weighted by atomic mass is 10.1. The van der Waals surface area contributed by atoms with Crippen LogP contribution in [0.2, 0.25) is 0 Å². The highest BCUT2D eigenvalue weighted by molar-refractivity contribution is 6.04. The van der Waals surface area contributed by atoms with Crippen molar-refractivity contribution in [2.75, 3.05) is 22.1 Å². The summed E-state index contributed by atoms with van der Waals surface area (Å²) < 4.78 is 5.52. The highest BCUT2D eigenvalue weighted by atomic mass is 16.5. The molecule has 2 aromatic rings. The molecule has 3 amide bonds. The van der Waals surface area contributed by atoms with Gasteiger partial charge in [0.15, 0.2) is 6.10 Å². The first kappa shape index (κ1) is 19.0. The monoisotopic (exact) mass is 393 g/mol. The number of ether oxygens (including phenoxy) is 1. The molecule has 0 spiro atoms. The second kappa shape index (κ2) is 7.58. The average molecular weight is 393 g/mol. The van der Waals surface area contributed by atoms with Crippen LogP contribution >= 0.6 is 0 Å². The van der Waals surface area contributed by atoms with Crippen molar-refractivity contribution in [1.82, 2.24) is 0 Å². The topological polar surface area (TPSA) is 87.7 Å². The van der Waals surface area contributed by atoms with Gasteiger partial charge in [0.05, 0.1) is 11.6 Å². The van der Waals surface area contributed by atoms with Crippen LogP contribution in [0.5, 0.6) is 5.75 Å². The Bertz CT molecular complexity index is 971. The van der Waals surface area contributed by atoms with E-state index in [1.807, 2.05) is 24.3 Å². The first-order chi connectivity index (χ1) is 13.9. The normalized spacial score (nSPS) is 20.7. The van der Waals surface area contributed by atoms with E-state index in [-0.39, 0.29) is 24.1 Å². The zero-order chi connectivity index (χ0) is 20.5. The summed E-state index contributed by atoms with van der Waals surface area (Å²) >= 11 is 0. The summed E-state index contributed by atoms with van der Waals surface area (Å²) in [6.45, 7) is 4.10. The third kappa shape index (κ3) is 3.81. The Labute approximate surface area is 169 Å². The standard InChI is InChI=1S/C22H23N3O4/c1-3-14-4-7-17(8-5-14)25-12-15(10-20(25)26)22(28)23-16-6-9-19-18(11-16)24-21(27)13(2)29-19/h4-9,11,13,15H,3,10,12H2,1-2H3,(H,23,28)(H,24,27)/t13-,15+/m1/s1. The van der Waals surface area contributed by atoms with E-state index in [1.54, 1.807) is 30.0 Å². The molecule has 2 aliphatic rings. The number of nitrogens with zero attached hydrogens (tertiary/aromatic N) is 1. The summed E-state index contributed by atoms with van der Waals surface area (Å²) in [6, 6.07) is 12.9. The molecule has 7 nitrogen and oxygen atoms in total. The van der Waals surface area contributed by atoms with Gasteiger partial charge in [-0.25, -0.2) is 0 Å². The van der Waals surface area contributed by atoms with Crippen molar-refractivity contribution in [3.63, 3.8) is 0 Å². The molecule has 1 fully saturated rings. The van der Waals surface area contributed by atoms with Crippen molar-refractivity contribution in [2.45, 2.75) is 32.8 Å². The van der Waals surface area contributed by atoms with Gasteiger partial charge >= 0.3 is 0 Å². The van der Waals surface area contributed by atoms with Gasteiger partial charge in [0.1, 0.15) is 5.75 Å². The maximum absolute atomic E-state index is 12.7. The van der Waals surface area contributed by atoms with Gasteiger partial charge in [0, 0.05) is 24.3 Å². The fourth-order valence-electron chi connectivity index (χ4n) is 3.58. The van der Waals surface area contributed by atoms with Crippen LogP contribution in [0, 0.1) is 5.92 Å². The Morgan fingerprint density at radius 2 is 1.97 bits per heavy atom. The molecule has 2 atom stereocenters. The maximum Gasteiger partial charge on any atom is 0.265 e. The molecule has 29 heavy (non-hydrogen) atoms. The molecule has 0 bridgehead atoms. The summed E-state index contributed by atoms with van der Waals surface area (Å²) in [5.74, 6) is -0.382. The lowest BCUT2D eigenvalue weighted by Crippen LogP contribution is -2.34. The molecular weight excluding hydrogens is 370 g/mol. The lowest BCUT2D eigenvalue weighted by Gasteiger charge is -2.24. The Morgan fingerprint density at radius 1 is 1.21 bits per heavy atom. The largest absolute Gasteiger partial charge is 0.479 e. The number of amides is 3. The SMILES string of the molecule is CCc1ccc(N2C[C@@H](C(=O)Nc3ccc4c(c3)NC(=O)[C@@H](C)O4)CC2=O)cc1. The average Bonchev–Trinajstić information content (AvgIpc) is 3.11. The van der Waals surface area contributed by atoms with Gasteiger partial charge in [-0.15, -0.1) is 0 Å². The van der Waals surface area contributed by atoms with E-state index in [0.717, 1.165) is 12.1 Å². The highest BCUT2D eigenvalue weighted by Gasteiger charge is 2.35. The van der Waals surface area contributed by atoms with Crippen molar-refractivity contribution < 1.29 is 19.1 Å². The van der Waals surface area contributed by atoms with Gasteiger partial charge in [0.2, 0.25) is 11.8 Å². The van der Waals surface area contributed by atoms with Crippen molar-refractivity contribution in [3.05, 3.63) is 48.0 Å². The quantitative estimate of drug-likeness (QED) is 0.836. The summed E-state index contributed by atoms with van der Waals surface area (Å²) in [7, 11) is 0. The number of nitrogens with one attached hydrogen (secondary N) is 2. The van der Waals surface area contributed by atoms with Gasteiger partial charge in [-0.1, -0.05) is 19.1 Å². The summed E-state index contributed by atoms with van der Waals surface area (Å²) in [5.41, 5.74) is 3.08. The summed E-state index contributed by atoms with van der Waals surface area (Å²) in [6.07, 6.45) is 0.554. The van der Waals surface area contributed by atoms with E-state index in [0.29, 0.717) is 23.7 Å². The molecule has 0 aliphatic carbocycles. The van der Waals surface area contributed by atoms with Crippen LogP contribution in [-0.2, 0) is 20.8 Å². The Morgan fingerprint density at radius 3 is 2.69 bits per heavy atom. The smallest absolute Gasteiger partial charge is 0.265 e. The molecule has 7 heteroatoms. The predicted octanol–water partition coefficient (Wildman–Crippen LogP) is 2.96. The van der Waals surface area contributed by atoms with Crippen LogP contribution < -0.4 is 20.3 Å². The van der Waals surface area contributed by atoms with Crippen molar-refractivity contribution in [3.8, 4) is 5.75 Å². The zero-order valence-corrected chi connectivity index (χ0v) is 16.4. The second-order valence-corrected chi connectivity index (χ2v) is 7.37. The number of benzene rings is 2. The third-order valence-corrected chi connectivity index (χ3v) is 5.33. The van der Waals surface area contributed by atoms with E-state index < -0.39 is 12.0 Å². The Balaban J connectivity index is 1.43. The molecule has 1 saturated heterocycles. The molecule has 0 radical (unpaired) electrons. The van der Waals surface area contributed by atoms with E-state index in [4.69, 9.17) is 4.74 Å². The van der Waals surface area contributed by atoms with E-state index >= 15 is 0 Å². The van der Waals surface area contributed by atoms with Crippen LogP contribution in [0.1, 0.15) is 25.8 Å². The molecule has 4 rings (SSSR count). The number of anilines is 3. The zero-order valence-electron chi connectivity index (χ0n) is 16.4. The van der Waals surface area contributed by atoms with Crippen LogP contribution in [0.3, 0.4) is 0 Å². The summed E-state index contributed by atoms with van der Waals surface area (Å²) in [4.78, 5) is 38.6. The van der Waals surface area contributed by atoms with Gasteiger partial charge in [0.25, 0.3) is 5.91 Å². The van der Waals surface area contributed by atoms with Crippen LogP contribution in [-0.4, -0.2) is 30.4 Å².